The van der Waals surface area contributed by atoms with E-state index in [0.29, 0.717) is 11.1 Å². The first-order valence-corrected chi connectivity index (χ1v) is 10.3. The van der Waals surface area contributed by atoms with Gasteiger partial charge in [0.25, 0.3) is 0 Å². The van der Waals surface area contributed by atoms with E-state index in [-0.39, 0.29) is 28.7 Å². The topological polar surface area (TPSA) is 66.8 Å². The van der Waals surface area contributed by atoms with Crippen molar-refractivity contribution in [1.82, 2.24) is 0 Å². The average molecular weight is 352 g/mol. The molecule has 0 aromatic heterocycles. The molecule has 2 fully saturated rings. The van der Waals surface area contributed by atoms with E-state index in [2.05, 4.69) is 18.8 Å². The minimum Gasteiger partial charge on any atom is -0.316 e. The Hall–Kier alpha value is -1.34. The van der Waals surface area contributed by atoms with Gasteiger partial charge in [-0.3, -0.25) is 4.79 Å². The molecule has 1 aromatic rings. The van der Waals surface area contributed by atoms with Gasteiger partial charge in [0.15, 0.2) is 15.0 Å². The Morgan fingerprint density at radius 2 is 1.91 bits per heavy atom. The number of benzene rings is 1. The normalized spacial score (nSPS) is 27.7. The number of amidine groups is 1. The summed E-state index contributed by atoms with van der Waals surface area (Å²) in [6.45, 7) is 5.67. The highest BCUT2D eigenvalue weighted by Gasteiger charge is 2.49. The second-order valence-corrected chi connectivity index (χ2v) is 9.69. The quantitative estimate of drug-likeness (QED) is 0.818. The van der Waals surface area contributed by atoms with Crippen LogP contribution in [0, 0.1) is 0 Å². The molecule has 2 heterocycles. The first-order valence-electron chi connectivity index (χ1n) is 7.62. The number of carbonyl (C=O) groups is 1. The molecule has 2 aliphatic rings. The number of aliphatic imine (C=N–C) groups is 1. The number of carbonyl (C=O) groups excluding carboxylic acids is 1. The maximum Gasteiger partial charge on any atom is 0.244 e. The van der Waals surface area contributed by atoms with Gasteiger partial charge >= 0.3 is 0 Å². The lowest BCUT2D eigenvalue weighted by Crippen LogP contribution is -2.37. The second-order valence-electron chi connectivity index (χ2n) is 6.33. The summed E-state index contributed by atoms with van der Waals surface area (Å²) in [7, 11) is -3.02. The molecule has 0 bridgehead atoms. The lowest BCUT2D eigenvalue weighted by molar-refractivity contribution is -0.115. The average Bonchev–Trinajstić information content (AvgIpc) is 2.89. The lowest BCUT2D eigenvalue weighted by atomic mass is 10.0. The van der Waals surface area contributed by atoms with E-state index in [1.54, 1.807) is 0 Å². The maximum absolute atomic E-state index is 11.9. The molecule has 0 unspecified atom stereocenters. The number of rotatable bonds is 2. The van der Waals surface area contributed by atoms with Gasteiger partial charge in [0.1, 0.15) is 0 Å². The molecular weight excluding hydrogens is 332 g/mol. The van der Waals surface area contributed by atoms with Crippen LogP contribution in [0.2, 0.25) is 0 Å². The van der Waals surface area contributed by atoms with Crippen LogP contribution in [0.5, 0.6) is 0 Å². The van der Waals surface area contributed by atoms with Gasteiger partial charge in [0, 0.05) is 17.9 Å². The molecule has 1 aromatic carbocycles. The summed E-state index contributed by atoms with van der Waals surface area (Å²) in [5.74, 6) is 0.439. The zero-order valence-corrected chi connectivity index (χ0v) is 15.0. The summed E-state index contributed by atoms with van der Waals surface area (Å²) in [5, 5.41) is 0.558. The molecule has 2 atom stereocenters. The van der Waals surface area contributed by atoms with Crippen LogP contribution in [0.4, 0.5) is 5.69 Å². The van der Waals surface area contributed by atoms with Crippen molar-refractivity contribution in [2.45, 2.75) is 38.0 Å². The van der Waals surface area contributed by atoms with Gasteiger partial charge < -0.3 is 4.90 Å². The number of hydrogen-bond donors (Lipinski definition) is 0. The summed E-state index contributed by atoms with van der Waals surface area (Å²) in [6.07, 6.45) is 0. The van der Waals surface area contributed by atoms with Gasteiger partial charge in [-0.15, -0.1) is 0 Å². The van der Waals surface area contributed by atoms with Crippen LogP contribution in [-0.4, -0.2) is 42.3 Å². The molecule has 0 spiro atoms. The highest BCUT2D eigenvalue weighted by Crippen LogP contribution is 2.41. The van der Waals surface area contributed by atoms with Crippen LogP contribution in [0.3, 0.4) is 0 Å². The minimum atomic E-state index is -3.02. The number of amides is 1. The van der Waals surface area contributed by atoms with Crippen LogP contribution in [0.25, 0.3) is 0 Å². The van der Waals surface area contributed by atoms with E-state index >= 15 is 0 Å². The van der Waals surface area contributed by atoms with Gasteiger partial charge in [-0.2, -0.15) is 4.99 Å². The molecule has 5 nitrogen and oxygen atoms in total. The van der Waals surface area contributed by atoms with Crippen LogP contribution in [0.15, 0.2) is 29.3 Å². The molecule has 2 aliphatic heterocycles. The number of thioether (sulfide) groups is 1. The molecule has 3 rings (SSSR count). The van der Waals surface area contributed by atoms with Gasteiger partial charge in [0.2, 0.25) is 5.91 Å². The second kappa shape index (κ2) is 5.94. The molecule has 1 amide bonds. The molecule has 7 heteroatoms. The molecule has 0 saturated carbocycles. The van der Waals surface area contributed by atoms with E-state index in [9.17, 15) is 13.2 Å². The summed E-state index contributed by atoms with van der Waals surface area (Å²) >= 11 is 1.40. The monoisotopic (exact) mass is 352 g/mol. The van der Waals surface area contributed by atoms with E-state index in [1.165, 1.54) is 24.2 Å². The third-order valence-electron chi connectivity index (χ3n) is 4.16. The van der Waals surface area contributed by atoms with Crippen molar-refractivity contribution in [1.29, 1.82) is 0 Å². The zero-order valence-electron chi connectivity index (χ0n) is 13.4. The Bertz CT molecular complexity index is 754. The summed E-state index contributed by atoms with van der Waals surface area (Å²) in [5.41, 5.74) is 2.12. The first-order chi connectivity index (χ1) is 10.8. The van der Waals surface area contributed by atoms with Crippen molar-refractivity contribution < 1.29 is 13.2 Å². The minimum absolute atomic E-state index is 0.0529. The molecule has 0 radical (unpaired) electrons. The third-order valence-corrected chi connectivity index (χ3v) is 7.37. The number of nitrogens with zero attached hydrogens (tertiary/aromatic N) is 2. The van der Waals surface area contributed by atoms with Gasteiger partial charge in [0.05, 0.1) is 17.5 Å². The Kier molecular flexibility index (Phi) is 4.27. The summed E-state index contributed by atoms with van der Waals surface area (Å²) in [4.78, 5) is 17.4. The molecule has 124 valence electrons. The fourth-order valence-electron chi connectivity index (χ4n) is 3.02. The maximum atomic E-state index is 11.9. The largest absolute Gasteiger partial charge is 0.316 e. The van der Waals surface area contributed by atoms with Gasteiger partial charge in [-0.05, 0) is 23.6 Å². The van der Waals surface area contributed by atoms with Crippen molar-refractivity contribution in [2.75, 3.05) is 16.4 Å². The summed E-state index contributed by atoms with van der Waals surface area (Å²) in [6, 6.07) is 7.92. The third kappa shape index (κ3) is 3.30. The standard InChI is InChI=1S/C16H20N2O3S2/c1-10(2)12-4-6-13(7-5-12)18-14-8-23(20,21)9-15(14)22-16(18)17-11(3)19/h4-7,10,14-15H,8-9H2,1-3H3/t14-,15-/m1/s1. The Morgan fingerprint density at radius 3 is 2.48 bits per heavy atom. The van der Waals surface area contributed by atoms with E-state index in [4.69, 9.17) is 0 Å². The summed E-state index contributed by atoms with van der Waals surface area (Å²) < 4.78 is 23.9. The fourth-order valence-corrected chi connectivity index (χ4v) is 6.98. The number of hydrogen-bond acceptors (Lipinski definition) is 4. The molecule has 0 N–H and O–H groups in total. The van der Waals surface area contributed by atoms with Crippen LogP contribution in [-0.2, 0) is 14.6 Å². The van der Waals surface area contributed by atoms with E-state index in [0.717, 1.165) is 5.69 Å². The highest BCUT2D eigenvalue weighted by atomic mass is 32.2. The molecule has 0 aliphatic carbocycles. The van der Waals surface area contributed by atoms with Crippen molar-refractivity contribution in [3.05, 3.63) is 29.8 Å². The molecular formula is C16H20N2O3S2. The predicted octanol–water partition coefficient (Wildman–Crippen LogP) is 2.43. The first kappa shape index (κ1) is 16.5. The number of fused-ring (bicyclic) bond motifs is 1. The Balaban J connectivity index is 1.99. The fraction of sp³-hybridized carbons (Fsp3) is 0.500. The Labute approximate surface area is 141 Å². The predicted molar refractivity (Wildman–Crippen MR) is 94.9 cm³/mol. The van der Waals surface area contributed by atoms with Crippen LogP contribution >= 0.6 is 11.8 Å². The van der Waals surface area contributed by atoms with Gasteiger partial charge in [-0.25, -0.2) is 8.42 Å². The Morgan fingerprint density at radius 1 is 1.26 bits per heavy atom. The SMILES string of the molecule is CC(=O)N=C1S[C@@H]2CS(=O)(=O)C[C@H]2N1c1ccc(C(C)C)cc1. The van der Waals surface area contributed by atoms with Crippen molar-refractivity contribution in [3.63, 3.8) is 0 Å². The van der Waals surface area contributed by atoms with E-state index < -0.39 is 9.84 Å². The highest BCUT2D eigenvalue weighted by molar-refractivity contribution is 8.16. The lowest BCUT2D eigenvalue weighted by Gasteiger charge is -2.24. The van der Waals surface area contributed by atoms with Crippen LogP contribution in [0.1, 0.15) is 32.3 Å². The molecule has 23 heavy (non-hydrogen) atoms. The smallest absolute Gasteiger partial charge is 0.244 e. The number of sulfone groups is 1. The van der Waals surface area contributed by atoms with Crippen molar-refractivity contribution in [3.8, 4) is 0 Å². The van der Waals surface area contributed by atoms with Crippen LogP contribution < -0.4 is 4.90 Å². The van der Waals surface area contributed by atoms with Gasteiger partial charge in [-0.1, -0.05) is 37.7 Å². The zero-order chi connectivity index (χ0) is 16.8. The van der Waals surface area contributed by atoms with E-state index in [1.807, 2.05) is 29.2 Å². The van der Waals surface area contributed by atoms with Crippen molar-refractivity contribution in [2.24, 2.45) is 4.99 Å². The molecule has 2 saturated heterocycles. The number of anilines is 1. The van der Waals surface area contributed by atoms with Crippen molar-refractivity contribution >= 4 is 38.4 Å².